The minimum atomic E-state index is 0.299. The highest BCUT2D eigenvalue weighted by molar-refractivity contribution is 9.10. The molecule has 1 N–H and O–H groups in total. The van der Waals surface area contributed by atoms with E-state index in [2.05, 4.69) is 31.4 Å². The molecule has 0 spiro atoms. The minimum Gasteiger partial charge on any atom is -0.368 e. The average Bonchev–Trinajstić information content (AvgIpc) is 3.06. The molecule has 0 unspecified atom stereocenters. The van der Waals surface area contributed by atoms with Crippen LogP contribution in [0.5, 0.6) is 0 Å². The molecule has 2 aromatic heterocycles. The third kappa shape index (κ3) is 3.42. The lowest BCUT2D eigenvalue weighted by atomic mass is 10.1. The molecule has 3 rings (SSSR count). The van der Waals surface area contributed by atoms with E-state index in [1.165, 1.54) is 0 Å². The van der Waals surface area contributed by atoms with Crippen LogP contribution in [0.25, 0.3) is 10.7 Å². The summed E-state index contributed by atoms with van der Waals surface area (Å²) < 4.78 is 12.0. The highest BCUT2D eigenvalue weighted by Gasteiger charge is 2.16. The summed E-state index contributed by atoms with van der Waals surface area (Å²) in [6.45, 7) is 2.43. The monoisotopic (exact) mass is 343 g/mol. The van der Waals surface area contributed by atoms with Crippen LogP contribution in [0, 0.1) is 0 Å². The highest BCUT2D eigenvalue weighted by Crippen LogP contribution is 2.27. The zero-order valence-corrected chi connectivity index (χ0v) is 12.7. The van der Waals surface area contributed by atoms with Crippen molar-refractivity contribution in [1.29, 1.82) is 0 Å². The highest BCUT2D eigenvalue weighted by atomic mass is 79.9. The van der Waals surface area contributed by atoms with Gasteiger partial charge in [0.2, 0.25) is 5.82 Å². The number of hydrogen-bond acceptors (Lipinski definition) is 6. The van der Waals surface area contributed by atoms with Gasteiger partial charge in [-0.3, -0.25) is 0 Å². The van der Waals surface area contributed by atoms with Gasteiger partial charge in [0, 0.05) is 9.85 Å². The first-order valence-electron chi connectivity index (χ1n) is 6.20. The quantitative estimate of drug-likeness (QED) is 0.924. The standard InChI is InChI=1S/C12H14BrN3O2S/c13-8-5-10(19-7-8)12-15-11(18-16-12)6-17-9-1-3-14-4-2-9/h5,7,9,14H,1-4,6H2. The van der Waals surface area contributed by atoms with E-state index in [0.717, 1.165) is 35.3 Å². The van der Waals surface area contributed by atoms with Crippen molar-refractivity contribution in [2.24, 2.45) is 0 Å². The van der Waals surface area contributed by atoms with Crippen molar-refractivity contribution in [2.75, 3.05) is 13.1 Å². The topological polar surface area (TPSA) is 60.2 Å². The van der Waals surface area contributed by atoms with E-state index in [0.29, 0.717) is 24.4 Å². The zero-order chi connectivity index (χ0) is 13.1. The van der Waals surface area contributed by atoms with Gasteiger partial charge < -0.3 is 14.6 Å². The smallest absolute Gasteiger partial charge is 0.252 e. The Morgan fingerprint density at radius 2 is 2.32 bits per heavy atom. The van der Waals surface area contributed by atoms with Crippen LogP contribution in [0.15, 0.2) is 20.4 Å². The van der Waals surface area contributed by atoms with E-state index in [9.17, 15) is 0 Å². The van der Waals surface area contributed by atoms with Crippen LogP contribution in [0.2, 0.25) is 0 Å². The molecule has 19 heavy (non-hydrogen) atoms. The van der Waals surface area contributed by atoms with Crippen molar-refractivity contribution in [3.8, 4) is 10.7 Å². The van der Waals surface area contributed by atoms with Crippen LogP contribution < -0.4 is 5.32 Å². The molecular weight excluding hydrogens is 330 g/mol. The van der Waals surface area contributed by atoms with E-state index >= 15 is 0 Å². The fourth-order valence-electron chi connectivity index (χ4n) is 2.00. The molecule has 1 fully saturated rings. The molecule has 1 saturated heterocycles. The number of nitrogens with one attached hydrogen (secondary N) is 1. The molecule has 0 aromatic carbocycles. The molecule has 0 saturated carbocycles. The molecule has 0 atom stereocenters. The lowest BCUT2D eigenvalue weighted by Crippen LogP contribution is -2.32. The SMILES string of the molecule is Brc1csc(-c2noc(COC3CCNCC3)n2)c1. The van der Waals surface area contributed by atoms with Gasteiger partial charge in [0.25, 0.3) is 5.89 Å². The average molecular weight is 344 g/mol. The normalized spacial score (nSPS) is 16.9. The third-order valence-electron chi connectivity index (χ3n) is 2.98. The van der Waals surface area contributed by atoms with Gasteiger partial charge >= 0.3 is 0 Å². The lowest BCUT2D eigenvalue weighted by molar-refractivity contribution is 0.00859. The summed E-state index contributed by atoms with van der Waals surface area (Å²) in [6, 6.07) is 1.98. The number of hydrogen-bond donors (Lipinski definition) is 1. The predicted molar refractivity (Wildman–Crippen MR) is 76.0 cm³/mol. The summed E-state index contributed by atoms with van der Waals surface area (Å²) in [6.07, 6.45) is 2.38. The van der Waals surface area contributed by atoms with Crippen molar-refractivity contribution >= 4 is 27.3 Å². The van der Waals surface area contributed by atoms with Crippen LogP contribution in [-0.2, 0) is 11.3 Å². The summed E-state index contributed by atoms with van der Waals surface area (Å²) in [5, 5.41) is 9.28. The maximum atomic E-state index is 5.78. The number of thiophene rings is 1. The van der Waals surface area contributed by atoms with Gasteiger partial charge in [-0.05, 0) is 47.9 Å². The van der Waals surface area contributed by atoms with Crippen LogP contribution in [0.4, 0.5) is 0 Å². The lowest BCUT2D eigenvalue weighted by Gasteiger charge is -2.21. The molecule has 0 radical (unpaired) electrons. The predicted octanol–water partition coefficient (Wildman–Crippen LogP) is 2.83. The molecule has 7 heteroatoms. The summed E-state index contributed by atoms with van der Waals surface area (Å²) >= 11 is 4.99. The van der Waals surface area contributed by atoms with Gasteiger partial charge in [-0.2, -0.15) is 4.98 Å². The number of piperidine rings is 1. The molecule has 0 aliphatic carbocycles. The van der Waals surface area contributed by atoms with Crippen molar-refractivity contribution < 1.29 is 9.26 Å². The second-order valence-electron chi connectivity index (χ2n) is 4.40. The van der Waals surface area contributed by atoms with Gasteiger partial charge in [0.05, 0.1) is 11.0 Å². The van der Waals surface area contributed by atoms with Crippen LogP contribution >= 0.6 is 27.3 Å². The Balaban J connectivity index is 1.58. The van der Waals surface area contributed by atoms with Gasteiger partial charge in [0.15, 0.2) is 0 Å². The fourth-order valence-corrected chi connectivity index (χ4v) is 3.35. The summed E-state index contributed by atoms with van der Waals surface area (Å²) in [5.41, 5.74) is 0. The Kier molecular flexibility index (Phi) is 4.27. The van der Waals surface area contributed by atoms with E-state index in [4.69, 9.17) is 9.26 Å². The Hall–Kier alpha value is -0.760. The van der Waals surface area contributed by atoms with Crippen LogP contribution in [0.1, 0.15) is 18.7 Å². The van der Waals surface area contributed by atoms with Crippen molar-refractivity contribution in [1.82, 2.24) is 15.5 Å². The molecule has 2 aromatic rings. The molecular formula is C12H14BrN3O2S. The van der Waals surface area contributed by atoms with E-state index in [-0.39, 0.29) is 0 Å². The molecule has 0 bridgehead atoms. The van der Waals surface area contributed by atoms with Crippen LogP contribution in [0.3, 0.4) is 0 Å². The van der Waals surface area contributed by atoms with Crippen molar-refractivity contribution in [3.63, 3.8) is 0 Å². The number of rotatable bonds is 4. The first-order chi connectivity index (χ1) is 9.31. The molecule has 0 amide bonds. The molecule has 5 nitrogen and oxygen atoms in total. The first kappa shape index (κ1) is 13.2. The zero-order valence-electron chi connectivity index (χ0n) is 10.3. The number of halogens is 1. The van der Waals surface area contributed by atoms with Crippen LogP contribution in [-0.4, -0.2) is 29.3 Å². The van der Waals surface area contributed by atoms with E-state index < -0.39 is 0 Å². The van der Waals surface area contributed by atoms with Gasteiger partial charge in [-0.15, -0.1) is 11.3 Å². The van der Waals surface area contributed by atoms with Gasteiger partial charge in [-0.25, -0.2) is 0 Å². The minimum absolute atomic E-state index is 0.299. The molecule has 1 aliphatic rings. The third-order valence-corrected chi connectivity index (χ3v) is 4.67. The molecule has 1 aliphatic heterocycles. The Labute approximate surface area is 123 Å². The summed E-state index contributed by atoms with van der Waals surface area (Å²) in [5.74, 6) is 1.16. The molecule has 102 valence electrons. The molecule has 3 heterocycles. The summed E-state index contributed by atoms with van der Waals surface area (Å²) in [4.78, 5) is 5.34. The van der Waals surface area contributed by atoms with Gasteiger partial charge in [-0.1, -0.05) is 5.16 Å². The second-order valence-corrected chi connectivity index (χ2v) is 6.23. The second kappa shape index (κ2) is 6.13. The number of aromatic nitrogens is 2. The van der Waals surface area contributed by atoms with Crippen molar-refractivity contribution in [2.45, 2.75) is 25.6 Å². The first-order valence-corrected chi connectivity index (χ1v) is 7.88. The van der Waals surface area contributed by atoms with Gasteiger partial charge in [0.1, 0.15) is 6.61 Å². The number of nitrogens with zero attached hydrogens (tertiary/aromatic N) is 2. The number of ether oxygens (including phenoxy) is 1. The Morgan fingerprint density at radius 3 is 3.05 bits per heavy atom. The van der Waals surface area contributed by atoms with Crippen molar-refractivity contribution in [3.05, 3.63) is 21.8 Å². The summed E-state index contributed by atoms with van der Waals surface area (Å²) in [7, 11) is 0. The van der Waals surface area contributed by atoms with E-state index in [1.54, 1.807) is 11.3 Å². The maximum Gasteiger partial charge on any atom is 0.252 e. The Bertz CT molecular complexity index is 537. The fraction of sp³-hybridized carbons (Fsp3) is 0.500. The largest absolute Gasteiger partial charge is 0.368 e. The maximum absolute atomic E-state index is 5.78. The Morgan fingerprint density at radius 1 is 1.47 bits per heavy atom. The van der Waals surface area contributed by atoms with E-state index in [1.807, 2.05) is 11.4 Å².